The third-order valence-electron chi connectivity index (χ3n) is 3.44. The molecule has 0 saturated carbocycles. The molecule has 0 aromatic heterocycles. The van der Waals surface area contributed by atoms with Crippen molar-refractivity contribution in [2.75, 3.05) is 13.1 Å². The molecule has 0 heterocycles. The zero-order valence-corrected chi connectivity index (χ0v) is 13.6. The van der Waals surface area contributed by atoms with Crippen LogP contribution in [0.3, 0.4) is 0 Å². The number of carbonyl (C=O) groups excluding carboxylic acids is 1. The Bertz CT molecular complexity index is 393. The molecular weight excluding hydrogens is 272 g/mol. The van der Waals surface area contributed by atoms with E-state index >= 15 is 0 Å². The summed E-state index contributed by atoms with van der Waals surface area (Å²) in [6.07, 6.45) is 2.53. The van der Waals surface area contributed by atoms with Gasteiger partial charge >= 0.3 is 0 Å². The van der Waals surface area contributed by atoms with E-state index in [0.717, 1.165) is 25.8 Å². The fraction of sp³-hybridized carbons (Fsp3) is 0.562. The van der Waals surface area contributed by atoms with Crippen LogP contribution in [-0.4, -0.2) is 29.4 Å². The molecule has 114 valence electrons. The van der Waals surface area contributed by atoms with Crippen LogP contribution in [0.1, 0.15) is 39.2 Å². The van der Waals surface area contributed by atoms with E-state index in [2.05, 4.69) is 19.1 Å². The van der Waals surface area contributed by atoms with Crippen molar-refractivity contribution in [3.63, 3.8) is 0 Å². The molecule has 1 aromatic carbocycles. The molecule has 0 aliphatic rings. The van der Waals surface area contributed by atoms with Gasteiger partial charge in [0, 0.05) is 13.1 Å². The third-order valence-corrected chi connectivity index (χ3v) is 3.44. The van der Waals surface area contributed by atoms with E-state index in [-0.39, 0.29) is 18.3 Å². The maximum atomic E-state index is 12.4. The zero-order valence-electron chi connectivity index (χ0n) is 12.8. The second-order valence-electron chi connectivity index (χ2n) is 5.29. The van der Waals surface area contributed by atoms with E-state index in [9.17, 15) is 4.79 Å². The third kappa shape index (κ3) is 5.51. The Labute approximate surface area is 128 Å². The predicted octanol–water partition coefficient (Wildman–Crippen LogP) is 3.02. The molecule has 0 spiro atoms. The summed E-state index contributed by atoms with van der Waals surface area (Å²) < 4.78 is 0. The molecule has 0 aliphatic carbocycles. The first-order valence-electron chi connectivity index (χ1n) is 7.13. The van der Waals surface area contributed by atoms with Gasteiger partial charge in [-0.3, -0.25) is 4.79 Å². The van der Waals surface area contributed by atoms with Gasteiger partial charge in [-0.25, -0.2) is 0 Å². The fourth-order valence-corrected chi connectivity index (χ4v) is 2.30. The van der Waals surface area contributed by atoms with Crippen LogP contribution in [0.15, 0.2) is 30.3 Å². The Morgan fingerprint density at radius 2 is 1.85 bits per heavy atom. The molecule has 0 bridgehead atoms. The first-order valence-corrected chi connectivity index (χ1v) is 7.13. The van der Waals surface area contributed by atoms with Crippen molar-refractivity contribution in [3.05, 3.63) is 35.9 Å². The van der Waals surface area contributed by atoms with Crippen LogP contribution in [0.2, 0.25) is 0 Å². The van der Waals surface area contributed by atoms with E-state index < -0.39 is 5.54 Å². The SMILES string of the molecule is CCCC(C)(N)C(=O)N(CC)CCc1ccccc1.Cl. The molecule has 4 heteroatoms. The number of halogens is 1. The number of likely N-dealkylation sites (N-methyl/N-ethyl adjacent to an activating group) is 1. The van der Waals surface area contributed by atoms with Crippen molar-refractivity contribution in [3.8, 4) is 0 Å². The molecule has 1 unspecified atom stereocenters. The van der Waals surface area contributed by atoms with Gasteiger partial charge in [0.2, 0.25) is 5.91 Å². The highest BCUT2D eigenvalue weighted by atomic mass is 35.5. The average Bonchev–Trinajstić information content (AvgIpc) is 2.40. The van der Waals surface area contributed by atoms with Crippen LogP contribution in [0.5, 0.6) is 0 Å². The highest BCUT2D eigenvalue weighted by Crippen LogP contribution is 2.13. The van der Waals surface area contributed by atoms with Crippen LogP contribution in [0.4, 0.5) is 0 Å². The Balaban J connectivity index is 0.00000361. The van der Waals surface area contributed by atoms with Crippen molar-refractivity contribution in [1.82, 2.24) is 4.90 Å². The number of nitrogens with two attached hydrogens (primary N) is 1. The quantitative estimate of drug-likeness (QED) is 0.841. The van der Waals surface area contributed by atoms with Gasteiger partial charge in [0.25, 0.3) is 0 Å². The summed E-state index contributed by atoms with van der Waals surface area (Å²) in [6.45, 7) is 7.34. The molecule has 0 fully saturated rings. The maximum absolute atomic E-state index is 12.4. The normalized spacial score (nSPS) is 13.2. The number of nitrogens with zero attached hydrogens (tertiary/aromatic N) is 1. The molecular formula is C16H27ClN2O. The van der Waals surface area contributed by atoms with E-state index in [4.69, 9.17) is 5.73 Å². The van der Waals surface area contributed by atoms with Gasteiger partial charge in [0.05, 0.1) is 5.54 Å². The monoisotopic (exact) mass is 298 g/mol. The Kier molecular flexibility index (Phi) is 8.51. The average molecular weight is 299 g/mol. The summed E-state index contributed by atoms with van der Waals surface area (Å²) >= 11 is 0. The van der Waals surface area contributed by atoms with Crippen LogP contribution in [-0.2, 0) is 11.2 Å². The zero-order chi connectivity index (χ0) is 14.3. The number of hydrogen-bond donors (Lipinski definition) is 1. The summed E-state index contributed by atoms with van der Waals surface area (Å²) in [7, 11) is 0. The molecule has 0 saturated heterocycles. The van der Waals surface area contributed by atoms with Crippen LogP contribution < -0.4 is 5.73 Å². The smallest absolute Gasteiger partial charge is 0.242 e. The van der Waals surface area contributed by atoms with E-state index in [1.165, 1.54) is 5.56 Å². The Morgan fingerprint density at radius 1 is 1.25 bits per heavy atom. The summed E-state index contributed by atoms with van der Waals surface area (Å²) in [5, 5.41) is 0. The molecule has 1 aromatic rings. The maximum Gasteiger partial charge on any atom is 0.242 e. The second-order valence-corrected chi connectivity index (χ2v) is 5.29. The Morgan fingerprint density at radius 3 is 2.35 bits per heavy atom. The lowest BCUT2D eigenvalue weighted by Crippen LogP contribution is -2.53. The lowest BCUT2D eigenvalue weighted by atomic mass is 9.95. The standard InChI is InChI=1S/C16H26N2O.ClH/c1-4-12-16(3,17)15(19)18(5-2)13-11-14-9-7-6-8-10-14;/h6-10H,4-5,11-13,17H2,1-3H3;1H. The summed E-state index contributed by atoms with van der Waals surface area (Å²) in [5.41, 5.74) is 6.64. The van der Waals surface area contributed by atoms with Gasteiger partial charge in [-0.15, -0.1) is 12.4 Å². The second kappa shape index (κ2) is 8.98. The fourth-order valence-electron chi connectivity index (χ4n) is 2.30. The molecule has 20 heavy (non-hydrogen) atoms. The van der Waals surface area contributed by atoms with Crippen molar-refractivity contribution in [2.24, 2.45) is 5.73 Å². The minimum atomic E-state index is -0.735. The number of benzene rings is 1. The first kappa shape index (κ1) is 18.9. The van der Waals surface area contributed by atoms with E-state index in [1.54, 1.807) is 0 Å². The van der Waals surface area contributed by atoms with Gasteiger partial charge in [-0.2, -0.15) is 0 Å². The van der Waals surface area contributed by atoms with Gasteiger partial charge in [0.1, 0.15) is 0 Å². The highest BCUT2D eigenvalue weighted by molar-refractivity contribution is 5.85. The number of carbonyl (C=O) groups is 1. The molecule has 2 N–H and O–H groups in total. The van der Waals surface area contributed by atoms with Crippen LogP contribution in [0.25, 0.3) is 0 Å². The van der Waals surface area contributed by atoms with Gasteiger partial charge < -0.3 is 10.6 Å². The van der Waals surface area contributed by atoms with Gasteiger partial charge in [-0.05, 0) is 32.3 Å². The van der Waals surface area contributed by atoms with Crippen molar-refractivity contribution in [2.45, 2.75) is 45.6 Å². The lowest BCUT2D eigenvalue weighted by Gasteiger charge is -2.31. The van der Waals surface area contributed by atoms with E-state index in [0.29, 0.717) is 6.54 Å². The topological polar surface area (TPSA) is 46.3 Å². The minimum Gasteiger partial charge on any atom is -0.341 e. The summed E-state index contributed by atoms with van der Waals surface area (Å²) in [6, 6.07) is 10.2. The molecule has 1 amide bonds. The lowest BCUT2D eigenvalue weighted by molar-refractivity contribution is -0.136. The summed E-state index contributed by atoms with van der Waals surface area (Å²) in [4.78, 5) is 14.3. The number of hydrogen-bond acceptors (Lipinski definition) is 2. The van der Waals surface area contributed by atoms with Crippen molar-refractivity contribution >= 4 is 18.3 Å². The largest absolute Gasteiger partial charge is 0.341 e. The molecule has 0 radical (unpaired) electrons. The number of rotatable bonds is 7. The molecule has 3 nitrogen and oxygen atoms in total. The van der Waals surface area contributed by atoms with Crippen molar-refractivity contribution < 1.29 is 4.79 Å². The summed E-state index contributed by atoms with van der Waals surface area (Å²) in [5.74, 6) is 0.0628. The van der Waals surface area contributed by atoms with Crippen LogP contribution in [0, 0.1) is 0 Å². The Hall–Kier alpha value is -1.06. The first-order chi connectivity index (χ1) is 9.01. The molecule has 1 atom stereocenters. The predicted molar refractivity (Wildman–Crippen MR) is 87.1 cm³/mol. The minimum absolute atomic E-state index is 0. The molecule has 1 rings (SSSR count). The highest BCUT2D eigenvalue weighted by Gasteiger charge is 2.30. The van der Waals surface area contributed by atoms with Crippen LogP contribution >= 0.6 is 12.4 Å². The van der Waals surface area contributed by atoms with E-state index in [1.807, 2.05) is 36.9 Å². The van der Waals surface area contributed by atoms with Gasteiger partial charge in [-0.1, -0.05) is 43.7 Å². The number of amides is 1. The molecule has 0 aliphatic heterocycles. The van der Waals surface area contributed by atoms with Crippen molar-refractivity contribution in [1.29, 1.82) is 0 Å². The van der Waals surface area contributed by atoms with Gasteiger partial charge in [0.15, 0.2) is 0 Å².